The number of nitrogens with one attached hydrogen (secondary N) is 1. The Balaban J connectivity index is 1.68. The van der Waals surface area contributed by atoms with Gasteiger partial charge < -0.3 is 10.2 Å². The molecule has 0 aliphatic carbocycles. The average molecular weight is 364 g/mol. The number of hydrogen-bond donors (Lipinski definition) is 1. The lowest BCUT2D eigenvalue weighted by molar-refractivity contribution is 0.0607. The molecule has 4 rings (SSSR count). The van der Waals surface area contributed by atoms with Crippen molar-refractivity contribution in [3.8, 4) is 0 Å². The monoisotopic (exact) mass is 364 g/mol. The van der Waals surface area contributed by atoms with Crippen LogP contribution >= 0.6 is 0 Å². The van der Waals surface area contributed by atoms with Gasteiger partial charge in [0.1, 0.15) is 5.69 Å². The Bertz CT molecular complexity index is 766. The van der Waals surface area contributed by atoms with E-state index in [2.05, 4.69) is 51.4 Å². The van der Waals surface area contributed by atoms with Gasteiger partial charge in [0.15, 0.2) is 0 Å². The number of carbonyl (C=O) groups excluding carboxylic acids is 1. The third-order valence-electron chi connectivity index (χ3n) is 6.14. The maximum Gasteiger partial charge on any atom is 0.274 e. The summed E-state index contributed by atoms with van der Waals surface area (Å²) in [6, 6.07) is 10.9. The van der Waals surface area contributed by atoms with Crippen LogP contribution in [-0.4, -0.2) is 44.9 Å². The molecule has 3 atom stereocenters. The number of fused-ring (bicyclic) bond motifs is 1. The molecule has 0 radical (unpaired) electrons. The second kappa shape index (κ2) is 7.77. The van der Waals surface area contributed by atoms with Crippen molar-refractivity contribution in [1.82, 2.24) is 20.2 Å². The Kier molecular flexibility index (Phi) is 5.21. The van der Waals surface area contributed by atoms with Crippen molar-refractivity contribution in [2.75, 3.05) is 6.54 Å². The second-order valence-corrected chi connectivity index (χ2v) is 8.06. The van der Waals surface area contributed by atoms with Gasteiger partial charge in [-0.05, 0) is 44.7 Å². The van der Waals surface area contributed by atoms with E-state index in [-0.39, 0.29) is 23.5 Å². The molecule has 1 amide bonds. The highest BCUT2D eigenvalue weighted by Gasteiger charge is 2.51. The zero-order valence-electron chi connectivity index (χ0n) is 16.0. The summed E-state index contributed by atoms with van der Waals surface area (Å²) in [6.07, 6.45) is 11.3. The van der Waals surface area contributed by atoms with Gasteiger partial charge in [0.2, 0.25) is 0 Å². The summed E-state index contributed by atoms with van der Waals surface area (Å²) in [5, 5.41) is 3.78. The maximum absolute atomic E-state index is 13.4. The molecular weight excluding hydrogens is 336 g/mol. The standard InChI is InChI=1S/C22H28N4O/c1-22-15-18(14-17-8-4-2-5-9-17)26(20(22)10-6-3-7-11-25-22)21(27)19-16-23-12-13-24-19/h2,4-5,8-9,12-13,16,18,20,25H,3,6-7,10-11,14-15H2,1H3/t18-,20+,22+/m1/s1. The van der Waals surface area contributed by atoms with Gasteiger partial charge in [0.05, 0.1) is 12.2 Å². The predicted molar refractivity (Wildman–Crippen MR) is 105 cm³/mol. The number of benzene rings is 1. The molecule has 142 valence electrons. The van der Waals surface area contributed by atoms with Gasteiger partial charge in [-0.25, -0.2) is 4.98 Å². The fourth-order valence-corrected chi connectivity index (χ4v) is 4.85. The summed E-state index contributed by atoms with van der Waals surface area (Å²) < 4.78 is 0. The van der Waals surface area contributed by atoms with Crippen molar-refractivity contribution in [3.63, 3.8) is 0 Å². The topological polar surface area (TPSA) is 58.1 Å². The number of amides is 1. The molecule has 2 fully saturated rings. The van der Waals surface area contributed by atoms with E-state index in [0.717, 1.165) is 25.8 Å². The number of hydrogen-bond acceptors (Lipinski definition) is 4. The summed E-state index contributed by atoms with van der Waals surface area (Å²) in [6.45, 7) is 3.32. The second-order valence-electron chi connectivity index (χ2n) is 8.06. The third-order valence-corrected chi connectivity index (χ3v) is 6.14. The lowest BCUT2D eigenvalue weighted by atomic mass is 9.85. The molecule has 2 aromatic rings. The van der Waals surface area contributed by atoms with E-state index in [1.54, 1.807) is 18.6 Å². The molecule has 1 aromatic carbocycles. The number of aromatic nitrogens is 2. The molecular formula is C22H28N4O. The van der Waals surface area contributed by atoms with Gasteiger partial charge in [0, 0.05) is 24.0 Å². The van der Waals surface area contributed by atoms with Gasteiger partial charge in [-0.3, -0.25) is 9.78 Å². The number of carbonyl (C=O) groups is 1. The minimum atomic E-state index is -0.0439. The largest absolute Gasteiger partial charge is 0.329 e. The summed E-state index contributed by atoms with van der Waals surface area (Å²) in [4.78, 5) is 24.0. The summed E-state index contributed by atoms with van der Waals surface area (Å²) >= 11 is 0. The van der Waals surface area contributed by atoms with E-state index in [1.165, 1.54) is 24.8 Å². The number of nitrogens with zero attached hydrogens (tertiary/aromatic N) is 3. The molecule has 0 spiro atoms. The molecule has 5 heteroatoms. The van der Waals surface area contributed by atoms with Crippen LogP contribution in [0.2, 0.25) is 0 Å². The zero-order valence-corrected chi connectivity index (χ0v) is 16.0. The van der Waals surface area contributed by atoms with E-state index in [1.807, 2.05) is 6.07 Å². The quantitative estimate of drug-likeness (QED) is 0.908. The van der Waals surface area contributed by atoms with Crippen molar-refractivity contribution < 1.29 is 4.79 Å². The van der Waals surface area contributed by atoms with Crippen LogP contribution < -0.4 is 5.32 Å². The first kappa shape index (κ1) is 18.1. The fraction of sp³-hybridized carbons (Fsp3) is 0.500. The highest BCUT2D eigenvalue weighted by Crippen LogP contribution is 2.39. The molecule has 5 nitrogen and oxygen atoms in total. The van der Waals surface area contributed by atoms with Crippen LogP contribution in [0.1, 0.15) is 55.1 Å². The van der Waals surface area contributed by atoms with Crippen LogP contribution in [0.3, 0.4) is 0 Å². The van der Waals surface area contributed by atoms with Crippen LogP contribution in [0, 0.1) is 0 Å². The van der Waals surface area contributed by atoms with Crippen LogP contribution in [0.25, 0.3) is 0 Å². The molecule has 2 aliphatic rings. The van der Waals surface area contributed by atoms with Crippen LogP contribution in [0.5, 0.6) is 0 Å². The van der Waals surface area contributed by atoms with Gasteiger partial charge in [-0.1, -0.05) is 43.2 Å². The van der Waals surface area contributed by atoms with E-state index in [9.17, 15) is 4.79 Å². The number of likely N-dealkylation sites (tertiary alicyclic amines) is 1. The normalized spacial score (nSPS) is 28.3. The summed E-state index contributed by atoms with van der Waals surface area (Å²) in [5.41, 5.74) is 1.68. The minimum absolute atomic E-state index is 0.0140. The first-order valence-electron chi connectivity index (χ1n) is 10.0. The Hall–Kier alpha value is -2.27. The fourth-order valence-electron chi connectivity index (χ4n) is 4.85. The maximum atomic E-state index is 13.4. The molecule has 0 unspecified atom stereocenters. The Morgan fingerprint density at radius 1 is 1.22 bits per heavy atom. The van der Waals surface area contributed by atoms with Gasteiger partial charge in [-0.15, -0.1) is 0 Å². The van der Waals surface area contributed by atoms with Crippen LogP contribution in [0.15, 0.2) is 48.9 Å². The van der Waals surface area contributed by atoms with E-state index in [4.69, 9.17) is 0 Å². The molecule has 0 bridgehead atoms. The van der Waals surface area contributed by atoms with E-state index in [0.29, 0.717) is 5.69 Å². The molecule has 2 aliphatic heterocycles. The van der Waals surface area contributed by atoms with E-state index < -0.39 is 0 Å². The SMILES string of the molecule is C[C@]12C[C@@H](Cc3ccccc3)N(C(=O)c3cnccn3)[C@H]1CCCCCN2. The molecule has 3 heterocycles. The lowest BCUT2D eigenvalue weighted by Crippen LogP contribution is -2.55. The molecule has 2 saturated heterocycles. The lowest BCUT2D eigenvalue weighted by Gasteiger charge is -2.38. The first-order valence-corrected chi connectivity index (χ1v) is 10.0. The number of rotatable bonds is 3. The van der Waals surface area contributed by atoms with Gasteiger partial charge in [-0.2, -0.15) is 0 Å². The zero-order chi connectivity index (χ0) is 18.7. The molecule has 0 saturated carbocycles. The molecule has 1 N–H and O–H groups in total. The van der Waals surface area contributed by atoms with Crippen LogP contribution in [0.4, 0.5) is 0 Å². The highest BCUT2D eigenvalue weighted by atomic mass is 16.2. The third kappa shape index (κ3) is 3.74. The minimum Gasteiger partial charge on any atom is -0.329 e. The van der Waals surface area contributed by atoms with Gasteiger partial charge in [0.25, 0.3) is 5.91 Å². The Labute approximate surface area is 161 Å². The highest BCUT2D eigenvalue weighted by molar-refractivity contribution is 5.92. The summed E-state index contributed by atoms with van der Waals surface area (Å²) in [7, 11) is 0. The predicted octanol–water partition coefficient (Wildman–Crippen LogP) is 3.22. The Morgan fingerprint density at radius 2 is 2.07 bits per heavy atom. The van der Waals surface area contributed by atoms with E-state index >= 15 is 0 Å². The summed E-state index contributed by atoms with van der Waals surface area (Å²) in [5.74, 6) is 0.0140. The van der Waals surface area contributed by atoms with Crippen molar-refractivity contribution >= 4 is 5.91 Å². The van der Waals surface area contributed by atoms with Crippen LogP contribution in [-0.2, 0) is 6.42 Å². The molecule has 1 aromatic heterocycles. The van der Waals surface area contributed by atoms with Crippen molar-refractivity contribution in [1.29, 1.82) is 0 Å². The average Bonchev–Trinajstić information content (AvgIpc) is 2.94. The molecule has 27 heavy (non-hydrogen) atoms. The first-order chi connectivity index (χ1) is 13.2. The Morgan fingerprint density at radius 3 is 2.85 bits per heavy atom. The van der Waals surface area contributed by atoms with Crippen molar-refractivity contribution in [2.24, 2.45) is 0 Å². The van der Waals surface area contributed by atoms with Crippen molar-refractivity contribution in [3.05, 3.63) is 60.2 Å². The smallest absolute Gasteiger partial charge is 0.274 e. The van der Waals surface area contributed by atoms with Gasteiger partial charge >= 0.3 is 0 Å². The van der Waals surface area contributed by atoms with Crippen molar-refractivity contribution in [2.45, 2.75) is 63.1 Å².